The molecule has 8 nitrogen and oxygen atoms in total. The molecule has 0 amide bonds. The van der Waals surface area contributed by atoms with Crippen molar-refractivity contribution >= 4 is 5.97 Å². The van der Waals surface area contributed by atoms with Crippen LogP contribution in [0, 0.1) is 0 Å². The highest BCUT2D eigenvalue weighted by molar-refractivity contribution is 5.90. The molecule has 0 bridgehead atoms. The van der Waals surface area contributed by atoms with E-state index in [1.54, 1.807) is 50.6 Å². The molecule has 3 rings (SSSR count). The van der Waals surface area contributed by atoms with Gasteiger partial charge in [0.05, 0.1) is 34.0 Å². The van der Waals surface area contributed by atoms with Gasteiger partial charge in [0.25, 0.3) is 0 Å². The number of carbonyl (C=O) groups is 1. The lowest BCUT2D eigenvalue weighted by Gasteiger charge is -2.08. The third-order valence-corrected chi connectivity index (χ3v) is 4.17. The van der Waals surface area contributed by atoms with Gasteiger partial charge in [-0.1, -0.05) is 5.16 Å². The van der Waals surface area contributed by atoms with E-state index >= 15 is 0 Å². The molecule has 1 heterocycles. The van der Waals surface area contributed by atoms with E-state index in [2.05, 4.69) is 5.16 Å². The number of benzene rings is 2. The topological polar surface area (TPSA) is 89.3 Å². The first-order valence-corrected chi connectivity index (χ1v) is 8.66. The van der Waals surface area contributed by atoms with Gasteiger partial charge in [0.2, 0.25) is 0 Å². The average molecular weight is 399 g/mol. The third-order valence-electron chi connectivity index (χ3n) is 4.17. The van der Waals surface area contributed by atoms with Crippen molar-refractivity contribution in [3.05, 3.63) is 53.7 Å². The summed E-state index contributed by atoms with van der Waals surface area (Å²) in [5.74, 6) is 2.15. The molecular formula is C21H21NO7. The highest BCUT2D eigenvalue weighted by Crippen LogP contribution is 2.32. The predicted molar refractivity (Wildman–Crippen MR) is 104 cm³/mol. The quantitative estimate of drug-likeness (QED) is 0.529. The van der Waals surface area contributed by atoms with Gasteiger partial charge in [0.15, 0.2) is 17.3 Å². The van der Waals surface area contributed by atoms with Gasteiger partial charge in [-0.05, 0) is 30.3 Å². The van der Waals surface area contributed by atoms with Gasteiger partial charge in [-0.2, -0.15) is 0 Å². The number of nitrogens with zero attached hydrogens (tertiary/aromatic N) is 1. The van der Waals surface area contributed by atoms with Crippen molar-refractivity contribution < 1.29 is 33.0 Å². The van der Waals surface area contributed by atoms with Gasteiger partial charge in [0.1, 0.15) is 23.8 Å². The maximum absolute atomic E-state index is 12.4. The van der Waals surface area contributed by atoms with E-state index < -0.39 is 5.97 Å². The molecule has 29 heavy (non-hydrogen) atoms. The van der Waals surface area contributed by atoms with Gasteiger partial charge in [-0.15, -0.1) is 0 Å². The zero-order chi connectivity index (χ0) is 20.8. The van der Waals surface area contributed by atoms with Crippen LogP contribution in [-0.4, -0.2) is 39.6 Å². The normalized spacial score (nSPS) is 10.3. The first kappa shape index (κ1) is 20.1. The Labute approximate surface area is 167 Å². The molecule has 0 aliphatic rings. The fourth-order valence-corrected chi connectivity index (χ4v) is 2.65. The number of ether oxygens (including phenoxy) is 5. The molecule has 3 aromatic rings. The second-order valence-electron chi connectivity index (χ2n) is 5.93. The molecule has 0 radical (unpaired) electrons. The van der Waals surface area contributed by atoms with Crippen molar-refractivity contribution in [1.82, 2.24) is 5.16 Å². The molecule has 8 heteroatoms. The number of aromatic nitrogens is 1. The Hall–Kier alpha value is -3.68. The van der Waals surface area contributed by atoms with Crippen molar-refractivity contribution in [1.29, 1.82) is 0 Å². The Bertz CT molecular complexity index is 974. The Kier molecular flexibility index (Phi) is 6.23. The van der Waals surface area contributed by atoms with Crippen LogP contribution in [0.5, 0.6) is 23.0 Å². The van der Waals surface area contributed by atoms with Crippen LogP contribution in [0.1, 0.15) is 16.1 Å². The Morgan fingerprint density at radius 2 is 1.55 bits per heavy atom. The molecule has 1 aromatic heterocycles. The van der Waals surface area contributed by atoms with E-state index in [1.165, 1.54) is 14.2 Å². The molecular weight excluding hydrogens is 378 g/mol. The second-order valence-corrected chi connectivity index (χ2v) is 5.93. The Balaban J connectivity index is 1.70. The second kappa shape index (κ2) is 9.01. The van der Waals surface area contributed by atoms with E-state index in [4.69, 9.17) is 28.2 Å². The molecule has 152 valence electrons. The van der Waals surface area contributed by atoms with Gasteiger partial charge in [-0.25, -0.2) is 4.79 Å². The summed E-state index contributed by atoms with van der Waals surface area (Å²) in [6, 6.07) is 11.9. The highest BCUT2D eigenvalue weighted by atomic mass is 16.5. The fourth-order valence-electron chi connectivity index (χ4n) is 2.65. The zero-order valence-electron chi connectivity index (χ0n) is 16.6. The number of hydrogen-bond acceptors (Lipinski definition) is 8. The van der Waals surface area contributed by atoms with Crippen LogP contribution < -0.4 is 18.9 Å². The average Bonchev–Trinajstić information content (AvgIpc) is 3.25. The summed E-state index contributed by atoms with van der Waals surface area (Å²) in [6.07, 6.45) is 0. The molecule has 0 saturated carbocycles. The largest absolute Gasteiger partial charge is 0.497 e. The number of hydrogen-bond donors (Lipinski definition) is 0. The van der Waals surface area contributed by atoms with Gasteiger partial charge >= 0.3 is 5.97 Å². The number of esters is 1. The lowest BCUT2D eigenvalue weighted by Crippen LogP contribution is -2.06. The molecule has 0 spiro atoms. The van der Waals surface area contributed by atoms with Crippen molar-refractivity contribution in [3.8, 4) is 34.3 Å². The van der Waals surface area contributed by atoms with Crippen LogP contribution in [0.15, 0.2) is 47.0 Å². The summed E-state index contributed by atoms with van der Waals surface area (Å²) in [6.45, 7) is -0.0465. The molecule has 0 unspecified atom stereocenters. The third kappa shape index (κ3) is 4.60. The minimum absolute atomic E-state index is 0.0465. The number of carbonyl (C=O) groups excluding carboxylic acids is 1. The molecule has 2 aromatic carbocycles. The van der Waals surface area contributed by atoms with Crippen LogP contribution in [0.3, 0.4) is 0 Å². The first-order chi connectivity index (χ1) is 14.1. The van der Waals surface area contributed by atoms with Gasteiger partial charge < -0.3 is 28.2 Å². The Morgan fingerprint density at radius 1 is 0.862 bits per heavy atom. The monoisotopic (exact) mass is 399 g/mol. The smallest absolute Gasteiger partial charge is 0.338 e. The molecule has 0 saturated heterocycles. The molecule has 0 aliphatic carbocycles. The lowest BCUT2D eigenvalue weighted by atomic mass is 10.1. The minimum atomic E-state index is -0.530. The first-order valence-electron chi connectivity index (χ1n) is 8.66. The van der Waals surface area contributed by atoms with Crippen LogP contribution in [0.4, 0.5) is 0 Å². The minimum Gasteiger partial charge on any atom is -0.497 e. The summed E-state index contributed by atoms with van der Waals surface area (Å²) in [5.41, 5.74) is 1.54. The van der Waals surface area contributed by atoms with Crippen molar-refractivity contribution in [2.75, 3.05) is 28.4 Å². The molecule has 0 N–H and O–H groups in total. The van der Waals surface area contributed by atoms with E-state index in [9.17, 15) is 4.79 Å². The van der Waals surface area contributed by atoms with Gasteiger partial charge in [0, 0.05) is 17.7 Å². The zero-order valence-corrected chi connectivity index (χ0v) is 16.6. The molecule has 0 fully saturated rings. The summed E-state index contributed by atoms with van der Waals surface area (Å²) < 4.78 is 31.5. The van der Waals surface area contributed by atoms with Crippen LogP contribution in [0.2, 0.25) is 0 Å². The highest BCUT2D eigenvalue weighted by Gasteiger charge is 2.15. The number of methoxy groups -OCH3 is 4. The van der Waals surface area contributed by atoms with Crippen molar-refractivity contribution in [2.24, 2.45) is 0 Å². The van der Waals surface area contributed by atoms with Crippen molar-refractivity contribution in [3.63, 3.8) is 0 Å². The molecule has 0 aliphatic heterocycles. The SMILES string of the molecule is COc1cc(OC)cc(C(=O)OCc2cc(-c3ccc(OC)c(OC)c3)on2)c1. The molecule has 0 atom stereocenters. The fraction of sp³-hybridized carbons (Fsp3) is 0.238. The van der Waals surface area contributed by atoms with E-state index in [1.807, 2.05) is 6.07 Å². The summed E-state index contributed by atoms with van der Waals surface area (Å²) in [5, 5.41) is 3.95. The van der Waals surface area contributed by atoms with Crippen LogP contribution in [-0.2, 0) is 11.3 Å². The standard InChI is InChI=1S/C21H21NO7/c1-24-16-7-14(8-17(11-16)25-2)21(23)28-12-15-10-19(29-22-15)13-5-6-18(26-3)20(9-13)27-4/h5-11H,12H2,1-4H3. The lowest BCUT2D eigenvalue weighted by molar-refractivity contribution is 0.0463. The van der Waals surface area contributed by atoms with Crippen LogP contribution >= 0.6 is 0 Å². The number of rotatable bonds is 8. The van der Waals surface area contributed by atoms with E-state index in [-0.39, 0.29) is 6.61 Å². The maximum Gasteiger partial charge on any atom is 0.338 e. The summed E-state index contributed by atoms with van der Waals surface area (Å²) in [4.78, 5) is 12.4. The van der Waals surface area contributed by atoms with Crippen LogP contribution in [0.25, 0.3) is 11.3 Å². The predicted octanol–water partition coefficient (Wildman–Crippen LogP) is 3.73. The van der Waals surface area contributed by atoms with E-state index in [0.717, 1.165) is 5.56 Å². The summed E-state index contributed by atoms with van der Waals surface area (Å²) in [7, 11) is 6.14. The summed E-state index contributed by atoms with van der Waals surface area (Å²) >= 11 is 0. The van der Waals surface area contributed by atoms with Gasteiger partial charge in [-0.3, -0.25) is 0 Å². The maximum atomic E-state index is 12.4. The van der Waals surface area contributed by atoms with Crippen molar-refractivity contribution in [2.45, 2.75) is 6.61 Å². The Morgan fingerprint density at radius 3 is 2.17 bits per heavy atom. The van der Waals surface area contributed by atoms with E-state index in [0.29, 0.717) is 40.0 Å².